The molecule has 2 aliphatic heterocycles. The van der Waals surface area contributed by atoms with Gasteiger partial charge in [-0.2, -0.15) is 0 Å². The summed E-state index contributed by atoms with van der Waals surface area (Å²) in [5.41, 5.74) is 2.84. The average molecular weight is 312 g/mol. The lowest BCUT2D eigenvalue weighted by atomic mass is 10.1. The molecule has 6 nitrogen and oxygen atoms in total. The normalized spacial score (nSPS) is 14.1. The van der Waals surface area contributed by atoms with Crippen LogP contribution in [0.3, 0.4) is 0 Å². The van der Waals surface area contributed by atoms with Crippen molar-refractivity contribution in [2.24, 2.45) is 0 Å². The van der Waals surface area contributed by atoms with E-state index >= 15 is 0 Å². The second-order valence-electron chi connectivity index (χ2n) is 5.42. The molecular weight excluding hydrogens is 296 g/mol. The van der Waals surface area contributed by atoms with Crippen LogP contribution in [0.1, 0.15) is 11.1 Å². The van der Waals surface area contributed by atoms with Gasteiger partial charge in [0.1, 0.15) is 5.75 Å². The van der Waals surface area contributed by atoms with Gasteiger partial charge in [-0.15, -0.1) is 0 Å². The third-order valence-corrected chi connectivity index (χ3v) is 3.84. The van der Waals surface area contributed by atoms with Gasteiger partial charge in [0.2, 0.25) is 6.79 Å². The Bertz CT molecular complexity index is 760. The molecule has 2 N–H and O–H groups in total. The van der Waals surface area contributed by atoms with Crippen LogP contribution in [0, 0.1) is 0 Å². The van der Waals surface area contributed by atoms with E-state index in [-0.39, 0.29) is 12.8 Å². The molecule has 4 rings (SSSR count). The summed E-state index contributed by atoms with van der Waals surface area (Å²) in [7, 11) is 0. The lowest BCUT2D eigenvalue weighted by molar-refractivity contribution is 0.174. The molecule has 0 atom stereocenters. The smallest absolute Gasteiger partial charge is 0.319 e. The molecule has 2 aromatic rings. The quantitative estimate of drug-likeness (QED) is 0.914. The zero-order chi connectivity index (χ0) is 15.6. The fourth-order valence-electron chi connectivity index (χ4n) is 2.67. The average Bonchev–Trinajstić information content (AvgIpc) is 3.20. The molecule has 0 radical (unpaired) electrons. The number of benzene rings is 2. The number of urea groups is 1. The fourth-order valence-corrected chi connectivity index (χ4v) is 2.67. The Kier molecular flexibility index (Phi) is 3.42. The highest BCUT2D eigenvalue weighted by molar-refractivity contribution is 5.89. The Labute approximate surface area is 133 Å². The standard InChI is InChI=1S/C17H16N2O4/c20-17(19-13-2-4-14-12(8-13)5-6-21-14)18-9-11-1-3-15-16(7-11)23-10-22-15/h1-4,7-8H,5-6,9-10H2,(H2,18,19,20). The summed E-state index contributed by atoms with van der Waals surface area (Å²) in [6.45, 7) is 1.36. The number of carbonyl (C=O) groups is 1. The van der Waals surface area contributed by atoms with Crippen LogP contribution in [0.4, 0.5) is 10.5 Å². The van der Waals surface area contributed by atoms with Crippen LogP contribution in [-0.2, 0) is 13.0 Å². The second-order valence-corrected chi connectivity index (χ2v) is 5.42. The van der Waals surface area contributed by atoms with Crippen molar-refractivity contribution >= 4 is 11.7 Å². The molecule has 0 aliphatic carbocycles. The first kappa shape index (κ1) is 13.8. The number of rotatable bonds is 3. The van der Waals surface area contributed by atoms with Gasteiger partial charge < -0.3 is 24.8 Å². The molecule has 0 bridgehead atoms. The minimum absolute atomic E-state index is 0.245. The van der Waals surface area contributed by atoms with Crippen LogP contribution in [-0.4, -0.2) is 19.4 Å². The van der Waals surface area contributed by atoms with E-state index in [1.807, 2.05) is 36.4 Å². The van der Waals surface area contributed by atoms with Crippen LogP contribution >= 0.6 is 0 Å². The summed E-state index contributed by atoms with van der Waals surface area (Å²) in [6.07, 6.45) is 0.879. The Hall–Kier alpha value is -2.89. The fraction of sp³-hybridized carbons (Fsp3) is 0.235. The molecule has 23 heavy (non-hydrogen) atoms. The van der Waals surface area contributed by atoms with Crippen molar-refractivity contribution in [1.82, 2.24) is 5.32 Å². The highest BCUT2D eigenvalue weighted by Crippen LogP contribution is 2.32. The summed E-state index contributed by atoms with van der Waals surface area (Å²) in [4.78, 5) is 12.0. The molecule has 0 saturated carbocycles. The number of hydrogen-bond donors (Lipinski definition) is 2. The lowest BCUT2D eigenvalue weighted by Gasteiger charge is -2.09. The number of nitrogens with one attached hydrogen (secondary N) is 2. The van der Waals surface area contributed by atoms with Crippen LogP contribution < -0.4 is 24.8 Å². The van der Waals surface area contributed by atoms with Crippen molar-refractivity contribution < 1.29 is 19.0 Å². The van der Waals surface area contributed by atoms with E-state index in [2.05, 4.69) is 10.6 Å². The number of fused-ring (bicyclic) bond motifs is 2. The molecule has 2 aliphatic rings. The Morgan fingerprint density at radius 3 is 2.83 bits per heavy atom. The SMILES string of the molecule is O=C(NCc1ccc2c(c1)OCO2)Nc1ccc2c(c1)CCO2. The first-order valence-corrected chi connectivity index (χ1v) is 7.47. The molecule has 0 aromatic heterocycles. The van der Waals surface area contributed by atoms with Gasteiger partial charge >= 0.3 is 6.03 Å². The summed E-state index contributed by atoms with van der Waals surface area (Å²) in [5, 5.41) is 5.66. The van der Waals surface area contributed by atoms with Gasteiger partial charge in [-0.25, -0.2) is 4.79 Å². The Morgan fingerprint density at radius 1 is 1.00 bits per heavy atom. The van der Waals surface area contributed by atoms with E-state index < -0.39 is 0 Å². The predicted octanol–water partition coefficient (Wildman–Crippen LogP) is 2.67. The molecule has 0 saturated heterocycles. The van der Waals surface area contributed by atoms with E-state index in [1.165, 1.54) is 0 Å². The van der Waals surface area contributed by atoms with Crippen molar-refractivity contribution in [2.45, 2.75) is 13.0 Å². The van der Waals surface area contributed by atoms with E-state index in [9.17, 15) is 4.79 Å². The zero-order valence-electron chi connectivity index (χ0n) is 12.4. The van der Waals surface area contributed by atoms with Crippen LogP contribution in [0.15, 0.2) is 36.4 Å². The van der Waals surface area contributed by atoms with Gasteiger partial charge in [0, 0.05) is 18.7 Å². The topological polar surface area (TPSA) is 68.8 Å². The number of ether oxygens (including phenoxy) is 3. The van der Waals surface area contributed by atoms with Crippen LogP contribution in [0.5, 0.6) is 17.2 Å². The summed E-state index contributed by atoms with van der Waals surface area (Å²) in [5.74, 6) is 2.35. The lowest BCUT2D eigenvalue weighted by Crippen LogP contribution is -2.28. The maximum Gasteiger partial charge on any atom is 0.319 e. The second kappa shape index (κ2) is 5.72. The first-order chi connectivity index (χ1) is 11.3. The van der Waals surface area contributed by atoms with Gasteiger partial charge in [0.05, 0.1) is 6.61 Å². The number of amides is 2. The highest BCUT2D eigenvalue weighted by atomic mass is 16.7. The Morgan fingerprint density at radius 2 is 1.87 bits per heavy atom. The molecule has 2 aromatic carbocycles. The van der Waals surface area contributed by atoms with Crippen molar-refractivity contribution in [1.29, 1.82) is 0 Å². The molecule has 2 amide bonds. The summed E-state index contributed by atoms with van der Waals surface area (Å²) >= 11 is 0. The minimum Gasteiger partial charge on any atom is -0.493 e. The van der Waals surface area contributed by atoms with Crippen molar-refractivity contribution in [3.05, 3.63) is 47.5 Å². The van der Waals surface area contributed by atoms with Crippen molar-refractivity contribution in [2.75, 3.05) is 18.7 Å². The van der Waals surface area contributed by atoms with Gasteiger partial charge in [0.15, 0.2) is 11.5 Å². The van der Waals surface area contributed by atoms with E-state index in [1.54, 1.807) is 0 Å². The molecule has 0 unspecified atom stereocenters. The van der Waals surface area contributed by atoms with E-state index in [4.69, 9.17) is 14.2 Å². The molecule has 2 heterocycles. The molecular formula is C17H16N2O4. The highest BCUT2D eigenvalue weighted by Gasteiger charge is 2.14. The third-order valence-electron chi connectivity index (χ3n) is 3.84. The molecule has 118 valence electrons. The Balaban J connectivity index is 1.35. The van der Waals surface area contributed by atoms with Crippen LogP contribution in [0.2, 0.25) is 0 Å². The maximum atomic E-state index is 12.0. The van der Waals surface area contributed by atoms with Crippen LogP contribution in [0.25, 0.3) is 0 Å². The summed E-state index contributed by atoms with van der Waals surface area (Å²) < 4.78 is 16.0. The van der Waals surface area contributed by atoms with E-state index in [0.717, 1.165) is 34.7 Å². The zero-order valence-corrected chi connectivity index (χ0v) is 12.4. The largest absolute Gasteiger partial charge is 0.493 e. The maximum absolute atomic E-state index is 12.0. The van der Waals surface area contributed by atoms with Gasteiger partial charge in [0.25, 0.3) is 0 Å². The number of anilines is 1. The third kappa shape index (κ3) is 2.88. The van der Waals surface area contributed by atoms with Crippen molar-refractivity contribution in [3.8, 4) is 17.2 Å². The van der Waals surface area contributed by atoms with E-state index in [0.29, 0.717) is 18.9 Å². The predicted molar refractivity (Wildman–Crippen MR) is 84.1 cm³/mol. The summed E-state index contributed by atoms with van der Waals surface area (Å²) in [6, 6.07) is 11.0. The molecule has 0 fully saturated rings. The number of carbonyl (C=O) groups excluding carboxylic acids is 1. The number of hydrogen-bond acceptors (Lipinski definition) is 4. The van der Waals surface area contributed by atoms with Crippen molar-refractivity contribution in [3.63, 3.8) is 0 Å². The monoisotopic (exact) mass is 312 g/mol. The molecule has 6 heteroatoms. The van der Waals surface area contributed by atoms with Gasteiger partial charge in [-0.3, -0.25) is 0 Å². The molecule has 0 spiro atoms. The first-order valence-electron chi connectivity index (χ1n) is 7.47. The minimum atomic E-state index is -0.249. The van der Waals surface area contributed by atoms with Gasteiger partial charge in [-0.05, 0) is 41.5 Å². The van der Waals surface area contributed by atoms with Gasteiger partial charge in [-0.1, -0.05) is 6.07 Å².